The highest BCUT2D eigenvalue weighted by molar-refractivity contribution is 5.95. The molecule has 0 amide bonds. The standard InChI is InChI=1S/C15H12N4O/c1-20-12-3-2-11(14-15(12)18-9-17-14)10-4-6-19-7-5-16-13(19)8-10/h2-9H,1H3,(H,17,18). The number of hydrogen-bond acceptors (Lipinski definition) is 3. The van der Waals surface area contributed by atoms with E-state index in [1.807, 2.05) is 28.9 Å². The zero-order valence-corrected chi connectivity index (χ0v) is 10.9. The molecule has 1 N–H and O–H groups in total. The minimum atomic E-state index is 0.795. The van der Waals surface area contributed by atoms with E-state index in [-0.39, 0.29) is 0 Å². The second-order valence-corrected chi connectivity index (χ2v) is 4.55. The number of nitrogens with one attached hydrogen (secondary N) is 1. The molecule has 4 rings (SSSR count). The summed E-state index contributed by atoms with van der Waals surface area (Å²) in [4.78, 5) is 11.8. The van der Waals surface area contributed by atoms with Crippen LogP contribution in [-0.4, -0.2) is 26.5 Å². The number of aromatic amines is 1. The van der Waals surface area contributed by atoms with Gasteiger partial charge in [-0.05, 0) is 29.8 Å². The van der Waals surface area contributed by atoms with Crippen LogP contribution in [0.4, 0.5) is 0 Å². The van der Waals surface area contributed by atoms with E-state index in [1.165, 1.54) is 0 Å². The molecule has 5 heteroatoms. The summed E-state index contributed by atoms with van der Waals surface area (Å²) in [5, 5.41) is 0. The Bertz CT molecular complexity index is 906. The van der Waals surface area contributed by atoms with E-state index in [4.69, 9.17) is 4.74 Å². The zero-order chi connectivity index (χ0) is 13.5. The van der Waals surface area contributed by atoms with Crippen LogP contribution in [0, 0.1) is 0 Å². The maximum Gasteiger partial charge on any atom is 0.144 e. The molecular weight excluding hydrogens is 252 g/mol. The summed E-state index contributed by atoms with van der Waals surface area (Å²) in [6.07, 6.45) is 7.40. The third kappa shape index (κ3) is 1.50. The minimum absolute atomic E-state index is 0.795. The first-order valence-electron chi connectivity index (χ1n) is 6.30. The molecule has 98 valence electrons. The molecular formula is C15H12N4O. The molecule has 1 aromatic carbocycles. The van der Waals surface area contributed by atoms with E-state index in [9.17, 15) is 0 Å². The van der Waals surface area contributed by atoms with E-state index in [1.54, 1.807) is 19.6 Å². The summed E-state index contributed by atoms with van der Waals surface area (Å²) >= 11 is 0. The molecule has 5 nitrogen and oxygen atoms in total. The van der Waals surface area contributed by atoms with E-state index in [0.29, 0.717) is 0 Å². The van der Waals surface area contributed by atoms with Crippen LogP contribution in [0.25, 0.3) is 27.8 Å². The first-order valence-corrected chi connectivity index (χ1v) is 6.30. The van der Waals surface area contributed by atoms with Crippen molar-refractivity contribution in [1.82, 2.24) is 19.4 Å². The van der Waals surface area contributed by atoms with Gasteiger partial charge in [0.1, 0.15) is 16.9 Å². The van der Waals surface area contributed by atoms with Crippen LogP contribution in [0.1, 0.15) is 0 Å². The van der Waals surface area contributed by atoms with Crippen molar-refractivity contribution in [3.8, 4) is 16.9 Å². The van der Waals surface area contributed by atoms with Crippen LogP contribution >= 0.6 is 0 Å². The van der Waals surface area contributed by atoms with E-state index < -0.39 is 0 Å². The summed E-state index contributed by atoms with van der Waals surface area (Å²) in [6, 6.07) is 8.09. The molecule has 3 aromatic heterocycles. The fraction of sp³-hybridized carbons (Fsp3) is 0.0667. The molecule has 0 fully saturated rings. The number of rotatable bonds is 2. The first-order chi connectivity index (χ1) is 9.86. The molecule has 0 aliphatic rings. The molecule has 4 aromatic rings. The van der Waals surface area contributed by atoms with Crippen LogP contribution in [0.15, 0.2) is 49.2 Å². The molecule has 0 spiro atoms. The summed E-state index contributed by atoms with van der Waals surface area (Å²) in [5.41, 5.74) is 4.88. The van der Waals surface area contributed by atoms with E-state index in [0.717, 1.165) is 33.6 Å². The third-order valence-electron chi connectivity index (χ3n) is 3.47. The number of ether oxygens (including phenoxy) is 1. The number of imidazole rings is 2. The van der Waals surface area contributed by atoms with Crippen molar-refractivity contribution in [2.75, 3.05) is 7.11 Å². The molecule has 0 radical (unpaired) electrons. The Hall–Kier alpha value is -2.82. The van der Waals surface area contributed by atoms with Gasteiger partial charge in [0.25, 0.3) is 0 Å². The Morgan fingerprint density at radius 2 is 2.10 bits per heavy atom. The van der Waals surface area contributed by atoms with Gasteiger partial charge >= 0.3 is 0 Å². The highest BCUT2D eigenvalue weighted by Crippen LogP contribution is 2.32. The van der Waals surface area contributed by atoms with Gasteiger partial charge in [0.15, 0.2) is 0 Å². The quantitative estimate of drug-likeness (QED) is 0.605. The Kier molecular flexibility index (Phi) is 2.26. The summed E-state index contributed by atoms with van der Waals surface area (Å²) in [5.74, 6) is 0.795. The smallest absolute Gasteiger partial charge is 0.144 e. The minimum Gasteiger partial charge on any atom is -0.494 e. The lowest BCUT2D eigenvalue weighted by Crippen LogP contribution is -1.89. The first kappa shape index (κ1) is 11.0. The van der Waals surface area contributed by atoms with Crippen LogP contribution in [0.5, 0.6) is 5.75 Å². The molecule has 20 heavy (non-hydrogen) atoms. The fourth-order valence-corrected chi connectivity index (χ4v) is 2.49. The van der Waals surface area contributed by atoms with Crippen LogP contribution in [0.2, 0.25) is 0 Å². The Morgan fingerprint density at radius 1 is 1.15 bits per heavy atom. The van der Waals surface area contributed by atoms with Crippen molar-refractivity contribution in [2.24, 2.45) is 0 Å². The zero-order valence-electron chi connectivity index (χ0n) is 10.9. The second-order valence-electron chi connectivity index (χ2n) is 4.55. The van der Waals surface area contributed by atoms with Gasteiger partial charge in [-0.1, -0.05) is 0 Å². The number of aromatic nitrogens is 4. The van der Waals surface area contributed by atoms with Gasteiger partial charge in [0, 0.05) is 24.2 Å². The largest absolute Gasteiger partial charge is 0.494 e. The average Bonchev–Trinajstić information content (AvgIpc) is 3.14. The Morgan fingerprint density at radius 3 is 3.00 bits per heavy atom. The molecule has 0 bridgehead atoms. The number of fused-ring (bicyclic) bond motifs is 2. The van der Waals surface area contributed by atoms with Crippen molar-refractivity contribution < 1.29 is 4.74 Å². The highest BCUT2D eigenvalue weighted by Gasteiger charge is 2.11. The van der Waals surface area contributed by atoms with Gasteiger partial charge in [0.05, 0.1) is 19.0 Å². The van der Waals surface area contributed by atoms with Crippen molar-refractivity contribution >= 4 is 16.7 Å². The van der Waals surface area contributed by atoms with Crippen molar-refractivity contribution in [3.63, 3.8) is 0 Å². The number of pyridine rings is 1. The third-order valence-corrected chi connectivity index (χ3v) is 3.47. The summed E-state index contributed by atoms with van der Waals surface area (Å²) in [7, 11) is 1.66. The van der Waals surface area contributed by atoms with Gasteiger partial charge in [-0.2, -0.15) is 0 Å². The summed E-state index contributed by atoms with van der Waals surface area (Å²) in [6.45, 7) is 0. The van der Waals surface area contributed by atoms with E-state index in [2.05, 4.69) is 27.1 Å². The Balaban J connectivity index is 1.99. The molecule has 0 aliphatic heterocycles. The van der Waals surface area contributed by atoms with Crippen molar-refractivity contribution in [2.45, 2.75) is 0 Å². The number of benzene rings is 1. The van der Waals surface area contributed by atoms with Crippen LogP contribution < -0.4 is 4.74 Å². The molecule has 0 aliphatic carbocycles. The van der Waals surface area contributed by atoms with Gasteiger partial charge in [0.2, 0.25) is 0 Å². The predicted molar refractivity (Wildman–Crippen MR) is 76.8 cm³/mol. The van der Waals surface area contributed by atoms with E-state index >= 15 is 0 Å². The van der Waals surface area contributed by atoms with Gasteiger partial charge in [-0.3, -0.25) is 0 Å². The molecule has 0 unspecified atom stereocenters. The van der Waals surface area contributed by atoms with Crippen LogP contribution in [-0.2, 0) is 0 Å². The average molecular weight is 264 g/mol. The maximum absolute atomic E-state index is 5.35. The number of H-pyrrole nitrogens is 1. The molecule has 0 saturated heterocycles. The monoisotopic (exact) mass is 264 g/mol. The number of methoxy groups -OCH3 is 1. The van der Waals surface area contributed by atoms with Gasteiger partial charge in [-0.25, -0.2) is 9.97 Å². The molecule has 3 heterocycles. The maximum atomic E-state index is 5.35. The Labute approximate surface area is 114 Å². The SMILES string of the molecule is COc1ccc(-c2ccn3ccnc3c2)c2nc[nH]c12. The highest BCUT2D eigenvalue weighted by atomic mass is 16.5. The summed E-state index contributed by atoms with van der Waals surface area (Å²) < 4.78 is 7.33. The lowest BCUT2D eigenvalue weighted by atomic mass is 10.0. The topological polar surface area (TPSA) is 55.2 Å². The molecule has 0 saturated carbocycles. The number of hydrogen-bond donors (Lipinski definition) is 1. The normalized spacial score (nSPS) is 11.2. The fourth-order valence-electron chi connectivity index (χ4n) is 2.49. The molecule has 0 atom stereocenters. The number of nitrogens with zero attached hydrogens (tertiary/aromatic N) is 3. The predicted octanol–water partition coefficient (Wildman–Crippen LogP) is 2.89. The van der Waals surface area contributed by atoms with Crippen molar-refractivity contribution in [3.05, 3.63) is 49.2 Å². The van der Waals surface area contributed by atoms with Crippen LogP contribution in [0.3, 0.4) is 0 Å². The van der Waals surface area contributed by atoms with Gasteiger partial charge < -0.3 is 14.1 Å². The lowest BCUT2D eigenvalue weighted by molar-refractivity contribution is 0.419. The van der Waals surface area contributed by atoms with Crippen molar-refractivity contribution in [1.29, 1.82) is 0 Å². The lowest BCUT2D eigenvalue weighted by Gasteiger charge is -2.07. The second kappa shape index (κ2) is 4.09. The van der Waals surface area contributed by atoms with Gasteiger partial charge in [-0.15, -0.1) is 0 Å².